The molecule has 0 saturated carbocycles. The molecule has 6 heteroatoms. The predicted molar refractivity (Wildman–Crippen MR) is 85.7 cm³/mol. The molecular weight excluding hydrogens is 292 g/mol. The summed E-state index contributed by atoms with van der Waals surface area (Å²) in [4.78, 5) is 8.14. The number of hydrogen-bond donors (Lipinski definition) is 1. The van der Waals surface area contributed by atoms with Crippen molar-refractivity contribution in [2.45, 2.75) is 25.9 Å². The molecule has 0 aliphatic carbocycles. The molecule has 1 saturated heterocycles. The number of rotatable bonds is 4. The molecule has 23 heavy (non-hydrogen) atoms. The summed E-state index contributed by atoms with van der Waals surface area (Å²) in [6, 6.07) is 7.85. The van der Waals surface area contributed by atoms with Crippen LogP contribution in [0, 0.1) is 18.3 Å². The highest BCUT2D eigenvalue weighted by molar-refractivity contribution is 5.62. The second-order valence-corrected chi connectivity index (χ2v) is 5.40. The Balaban J connectivity index is 1.72. The highest BCUT2D eigenvalue weighted by Gasteiger charge is 2.16. The molecule has 2 aromatic rings. The lowest BCUT2D eigenvalue weighted by atomic mass is 10.1. The van der Waals surface area contributed by atoms with Crippen molar-refractivity contribution < 1.29 is 9.47 Å². The van der Waals surface area contributed by atoms with E-state index in [9.17, 15) is 0 Å². The number of anilines is 2. The third-order valence-electron chi connectivity index (χ3n) is 3.70. The van der Waals surface area contributed by atoms with E-state index < -0.39 is 0 Å². The minimum absolute atomic E-state index is 0.214. The molecule has 0 amide bonds. The van der Waals surface area contributed by atoms with Crippen LogP contribution in [0.4, 0.5) is 11.5 Å². The van der Waals surface area contributed by atoms with Crippen LogP contribution in [-0.4, -0.2) is 29.3 Å². The number of ether oxygens (including phenoxy) is 2. The fourth-order valence-corrected chi connectivity index (χ4v) is 2.48. The lowest BCUT2D eigenvalue weighted by molar-refractivity contribution is 0.0253. The summed E-state index contributed by atoms with van der Waals surface area (Å²) in [5, 5.41) is 12.2. The molecule has 1 aromatic carbocycles. The molecule has 1 aromatic heterocycles. The Kier molecular flexibility index (Phi) is 4.69. The normalized spacial score (nSPS) is 15.0. The summed E-state index contributed by atoms with van der Waals surface area (Å²) in [7, 11) is 0. The summed E-state index contributed by atoms with van der Waals surface area (Å²) < 4.78 is 11.4. The molecule has 1 aliphatic heterocycles. The topological polar surface area (TPSA) is 80.1 Å². The second-order valence-electron chi connectivity index (χ2n) is 5.40. The summed E-state index contributed by atoms with van der Waals surface area (Å²) in [5.74, 6) is 1.33. The number of benzene rings is 1. The molecule has 6 nitrogen and oxygen atoms in total. The summed E-state index contributed by atoms with van der Waals surface area (Å²) in [6.45, 7) is 3.52. The van der Waals surface area contributed by atoms with Crippen LogP contribution in [0.15, 0.2) is 30.6 Å². The van der Waals surface area contributed by atoms with Crippen molar-refractivity contribution in [1.82, 2.24) is 9.97 Å². The van der Waals surface area contributed by atoms with Crippen molar-refractivity contribution >= 4 is 11.5 Å². The van der Waals surface area contributed by atoms with Gasteiger partial charge in [0.2, 0.25) is 0 Å². The van der Waals surface area contributed by atoms with Gasteiger partial charge in [-0.1, -0.05) is 0 Å². The lowest BCUT2D eigenvalue weighted by Gasteiger charge is -2.24. The Labute approximate surface area is 135 Å². The van der Waals surface area contributed by atoms with Gasteiger partial charge in [-0.15, -0.1) is 0 Å². The van der Waals surface area contributed by atoms with Crippen LogP contribution in [0.25, 0.3) is 0 Å². The smallest absolute Gasteiger partial charge is 0.183 e. The van der Waals surface area contributed by atoms with Crippen molar-refractivity contribution in [3.63, 3.8) is 0 Å². The lowest BCUT2D eigenvalue weighted by Crippen LogP contribution is -2.26. The zero-order valence-corrected chi connectivity index (χ0v) is 13.0. The average molecular weight is 310 g/mol. The molecule has 0 bridgehead atoms. The highest BCUT2D eigenvalue weighted by atomic mass is 16.5. The highest BCUT2D eigenvalue weighted by Crippen LogP contribution is 2.26. The average Bonchev–Trinajstić information content (AvgIpc) is 2.59. The molecule has 1 aliphatic rings. The quantitative estimate of drug-likeness (QED) is 0.935. The van der Waals surface area contributed by atoms with E-state index in [0.717, 1.165) is 43.1 Å². The minimum Gasteiger partial charge on any atom is -0.490 e. The van der Waals surface area contributed by atoms with E-state index in [4.69, 9.17) is 14.7 Å². The van der Waals surface area contributed by atoms with Gasteiger partial charge < -0.3 is 14.8 Å². The van der Waals surface area contributed by atoms with Gasteiger partial charge in [0.25, 0.3) is 0 Å². The molecule has 0 spiro atoms. The van der Waals surface area contributed by atoms with E-state index in [1.807, 2.05) is 31.2 Å². The van der Waals surface area contributed by atoms with E-state index >= 15 is 0 Å². The Hall–Kier alpha value is -2.65. The molecule has 1 N–H and O–H groups in total. The van der Waals surface area contributed by atoms with E-state index in [0.29, 0.717) is 5.82 Å². The number of hydrogen-bond acceptors (Lipinski definition) is 6. The fourth-order valence-electron chi connectivity index (χ4n) is 2.48. The summed E-state index contributed by atoms with van der Waals surface area (Å²) >= 11 is 0. The third-order valence-corrected chi connectivity index (χ3v) is 3.70. The van der Waals surface area contributed by atoms with Crippen LogP contribution >= 0.6 is 0 Å². The van der Waals surface area contributed by atoms with Crippen LogP contribution in [-0.2, 0) is 4.74 Å². The Bertz CT molecular complexity index is 721. The van der Waals surface area contributed by atoms with Crippen LogP contribution in [0.1, 0.15) is 24.1 Å². The monoisotopic (exact) mass is 310 g/mol. The van der Waals surface area contributed by atoms with Gasteiger partial charge in [-0.3, -0.25) is 0 Å². The molecule has 0 radical (unpaired) electrons. The van der Waals surface area contributed by atoms with Crippen molar-refractivity contribution in [2.75, 3.05) is 18.5 Å². The molecule has 118 valence electrons. The van der Waals surface area contributed by atoms with Crippen molar-refractivity contribution in [1.29, 1.82) is 5.26 Å². The Morgan fingerprint density at radius 1 is 1.26 bits per heavy atom. The number of nitrogens with zero attached hydrogens (tertiary/aromatic N) is 3. The van der Waals surface area contributed by atoms with E-state index in [2.05, 4.69) is 15.3 Å². The minimum atomic E-state index is 0.214. The van der Waals surface area contributed by atoms with Crippen LogP contribution in [0.5, 0.6) is 5.75 Å². The number of aryl methyl sites for hydroxylation is 1. The van der Waals surface area contributed by atoms with E-state index in [-0.39, 0.29) is 11.8 Å². The van der Waals surface area contributed by atoms with Crippen molar-refractivity contribution in [3.8, 4) is 11.8 Å². The first-order valence-electron chi connectivity index (χ1n) is 7.59. The maximum atomic E-state index is 9.05. The van der Waals surface area contributed by atoms with Gasteiger partial charge >= 0.3 is 0 Å². The van der Waals surface area contributed by atoms with Crippen LogP contribution in [0.2, 0.25) is 0 Å². The zero-order chi connectivity index (χ0) is 16.1. The SMILES string of the molecule is Cc1cc(Nc2nccnc2C#N)ccc1OC1CCOCC1. The number of aromatic nitrogens is 2. The van der Waals surface area contributed by atoms with E-state index in [1.54, 1.807) is 6.20 Å². The van der Waals surface area contributed by atoms with Gasteiger partial charge in [0, 0.05) is 30.9 Å². The maximum Gasteiger partial charge on any atom is 0.183 e. The van der Waals surface area contributed by atoms with Gasteiger partial charge in [-0.25, -0.2) is 9.97 Å². The summed E-state index contributed by atoms with van der Waals surface area (Å²) in [6.07, 6.45) is 5.11. The first kappa shape index (κ1) is 15.3. The first-order valence-corrected chi connectivity index (χ1v) is 7.59. The van der Waals surface area contributed by atoms with Gasteiger partial charge in [0.15, 0.2) is 11.5 Å². The standard InChI is InChI=1S/C17H18N4O2/c1-12-10-13(21-17-15(11-18)19-6-7-20-17)2-3-16(12)23-14-4-8-22-9-5-14/h2-3,6-7,10,14H,4-5,8-9H2,1H3,(H,20,21). The number of nitriles is 1. The fraction of sp³-hybridized carbons (Fsp3) is 0.353. The molecule has 1 fully saturated rings. The van der Waals surface area contributed by atoms with Gasteiger partial charge in [-0.05, 0) is 30.7 Å². The molecule has 2 heterocycles. The van der Waals surface area contributed by atoms with Gasteiger partial charge in [-0.2, -0.15) is 5.26 Å². The van der Waals surface area contributed by atoms with Gasteiger partial charge in [0.1, 0.15) is 17.9 Å². The molecule has 0 atom stereocenters. The van der Waals surface area contributed by atoms with E-state index in [1.165, 1.54) is 6.20 Å². The van der Waals surface area contributed by atoms with Crippen molar-refractivity contribution in [2.24, 2.45) is 0 Å². The van der Waals surface area contributed by atoms with Crippen LogP contribution < -0.4 is 10.1 Å². The third kappa shape index (κ3) is 3.76. The zero-order valence-electron chi connectivity index (χ0n) is 13.0. The molecule has 0 unspecified atom stereocenters. The maximum absolute atomic E-state index is 9.05. The molecule has 3 rings (SSSR count). The number of nitrogens with one attached hydrogen (secondary N) is 1. The Morgan fingerprint density at radius 2 is 2.04 bits per heavy atom. The van der Waals surface area contributed by atoms with Crippen molar-refractivity contribution in [3.05, 3.63) is 41.9 Å². The second kappa shape index (κ2) is 7.07. The summed E-state index contributed by atoms with van der Waals surface area (Å²) in [5.41, 5.74) is 2.15. The van der Waals surface area contributed by atoms with Crippen LogP contribution in [0.3, 0.4) is 0 Å². The predicted octanol–water partition coefficient (Wildman–Crippen LogP) is 2.96. The molecular formula is C17H18N4O2. The Morgan fingerprint density at radius 3 is 2.78 bits per heavy atom. The van der Waals surface area contributed by atoms with Gasteiger partial charge in [0.05, 0.1) is 13.2 Å². The largest absolute Gasteiger partial charge is 0.490 e. The first-order chi connectivity index (χ1) is 11.3.